The number of carbonyl (C=O) groups is 1. The van der Waals surface area contributed by atoms with Crippen LogP contribution in [0.1, 0.15) is 35.6 Å². The number of nitrogens with one attached hydrogen (secondary N) is 1. The molecule has 0 aliphatic carbocycles. The number of hydrogen-bond acceptors (Lipinski definition) is 5. The Labute approximate surface area is 188 Å². The molecule has 0 saturated heterocycles. The van der Waals surface area contributed by atoms with E-state index in [4.69, 9.17) is 14.4 Å². The van der Waals surface area contributed by atoms with Crippen LogP contribution in [-0.2, 0) is 29.0 Å². The van der Waals surface area contributed by atoms with Crippen molar-refractivity contribution in [2.75, 3.05) is 6.54 Å². The maximum atomic E-state index is 13.5. The molecule has 0 aliphatic heterocycles. The van der Waals surface area contributed by atoms with Gasteiger partial charge >= 0.3 is 12.1 Å². The Kier molecular flexibility index (Phi) is 7.89. The van der Waals surface area contributed by atoms with E-state index >= 15 is 0 Å². The molecule has 0 unspecified atom stereocenters. The molecule has 6 nitrogen and oxygen atoms in total. The van der Waals surface area contributed by atoms with Gasteiger partial charge in [-0.1, -0.05) is 41.6 Å². The number of oxime groups is 1. The molecule has 0 atom stereocenters. The molecule has 1 aromatic heterocycles. The summed E-state index contributed by atoms with van der Waals surface area (Å²) in [6, 6.07) is 14.4. The third kappa shape index (κ3) is 6.95. The van der Waals surface area contributed by atoms with Gasteiger partial charge in [0.25, 0.3) is 0 Å². The van der Waals surface area contributed by atoms with Crippen molar-refractivity contribution in [2.24, 2.45) is 5.16 Å². The van der Waals surface area contributed by atoms with E-state index in [9.17, 15) is 18.0 Å². The minimum Gasteiger partial charge on any atom is -0.481 e. The van der Waals surface area contributed by atoms with Crippen molar-refractivity contribution in [1.29, 1.82) is 0 Å². The van der Waals surface area contributed by atoms with Crippen molar-refractivity contribution in [2.45, 2.75) is 32.7 Å². The van der Waals surface area contributed by atoms with Gasteiger partial charge in [-0.25, -0.2) is 0 Å². The number of alkyl halides is 3. The van der Waals surface area contributed by atoms with E-state index in [1.54, 1.807) is 13.0 Å². The molecule has 3 rings (SSSR count). The van der Waals surface area contributed by atoms with Gasteiger partial charge in [-0.2, -0.15) is 13.2 Å². The first-order chi connectivity index (χ1) is 15.7. The normalized spacial score (nSPS) is 12.1. The lowest BCUT2D eigenvalue weighted by Gasteiger charge is -2.13. The lowest BCUT2D eigenvalue weighted by molar-refractivity contribution is -0.138. The molecule has 0 amide bonds. The molecular weight excluding hydrogens is 437 g/mol. The first-order valence-electron chi connectivity index (χ1n) is 10.2. The molecule has 0 fully saturated rings. The predicted octanol–water partition coefficient (Wildman–Crippen LogP) is 5.47. The van der Waals surface area contributed by atoms with E-state index in [1.165, 1.54) is 24.5 Å². The van der Waals surface area contributed by atoms with Crippen molar-refractivity contribution in [3.05, 3.63) is 83.1 Å². The van der Waals surface area contributed by atoms with Crippen LogP contribution in [0.25, 0.3) is 11.3 Å². The van der Waals surface area contributed by atoms with Gasteiger partial charge in [-0.15, -0.1) is 0 Å². The van der Waals surface area contributed by atoms with Crippen LogP contribution in [0.5, 0.6) is 0 Å². The second kappa shape index (κ2) is 10.8. The highest BCUT2D eigenvalue weighted by molar-refractivity contribution is 5.98. The van der Waals surface area contributed by atoms with E-state index in [0.29, 0.717) is 24.4 Å². The highest BCUT2D eigenvalue weighted by Crippen LogP contribution is 2.38. The number of nitrogens with zero attached hydrogens (tertiary/aromatic N) is 1. The number of benzene rings is 2. The molecule has 0 saturated carbocycles. The first kappa shape index (κ1) is 24.1. The minimum atomic E-state index is -4.54. The van der Waals surface area contributed by atoms with Crippen LogP contribution in [0, 0.1) is 0 Å². The third-order valence-corrected chi connectivity index (χ3v) is 4.83. The summed E-state index contributed by atoms with van der Waals surface area (Å²) in [6.45, 7) is 2.53. The van der Waals surface area contributed by atoms with Gasteiger partial charge in [0.15, 0.2) is 0 Å². The minimum absolute atomic E-state index is 0.0338. The Hall–Kier alpha value is -3.59. The average Bonchev–Trinajstić information content (AvgIpc) is 3.31. The third-order valence-electron chi connectivity index (χ3n) is 4.83. The van der Waals surface area contributed by atoms with Gasteiger partial charge in [0.2, 0.25) is 0 Å². The number of furan rings is 1. The van der Waals surface area contributed by atoms with E-state index in [0.717, 1.165) is 17.2 Å². The Morgan fingerprint density at radius 2 is 1.85 bits per heavy atom. The maximum absolute atomic E-state index is 13.5. The smallest absolute Gasteiger partial charge is 0.417 e. The standard InChI is InChI=1S/C24H23F3N2O4/c1-16(19-7-4-17(5-8-19)14-28-11-10-23(30)31)29-33-15-18-6-9-20(22-3-2-12-32-22)21(13-18)24(25,26)27/h2-9,12-13,28H,10-11,14-15H2,1H3,(H,30,31)/b29-16-. The van der Waals surface area contributed by atoms with Gasteiger partial charge in [0, 0.05) is 18.7 Å². The summed E-state index contributed by atoms with van der Waals surface area (Å²) in [4.78, 5) is 15.8. The van der Waals surface area contributed by atoms with Gasteiger partial charge < -0.3 is 19.7 Å². The molecule has 0 aliphatic rings. The molecule has 0 bridgehead atoms. The van der Waals surface area contributed by atoms with Crippen LogP contribution in [0.4, 0.5) is 13.2 Å². The molecule has 174 valence electrons. The largest absolute Gasteiger partial charge is 0.481 e. The summed E-state index contributed by atoms with van der Waals surface area (Å²) in [5, 5.41) is 15.7. The summed E-state index contributed by atoms with van der Waals surface area (Å²) in [7, 11) is 0. The number of aliphatic carboxylic acids is 1. The number of halogens is 3. The highest BCUT2D eigenvalue weighted by Gasteiger charge is 2.34. The number of carboxylic acid groups (broad SMARTS) is 1. The number of hydrogen-bond donors (Lipinski definition) is 2. The highest BCUT2D eigenvalue weighted by atomic mass is 19.4. The van der Waals surface area contributed by atoms with Crippen LogP contribution in [0.2, 0.25) is 0 Å². The Balaban J connectivity index is 1.60. The zero-order valence-corrected chi connectivity index (χ0v) is 17.9. The predicted molar refractivity (Wildman–Crippen MR) is 117 cm³/mol. The van der Waals surface area contributed by atoms with Crippen LogP contribution in [-0.4, -0.2) is 23.3 Å². The SMILES string of the molecule is C/C(=N/OCc1ccc(-c2ccco2)c(C(F)(F)F)c1)c1ccc(CNCCC(=O)O)cc1. The van der Waals surface area contributed by atoms with Gasteiger partial charge in [-0.05, 0) is 41.8 Å². The zero-order chi connectivity index (χ0) is 23.8. The summed E-state index contributed by atoms with van der Waals surface area (Å²) in [5.74, 6) is -0.711. The lowest BCUT2D eigenvalue weighted by atomic mass is 10.0. The molecule has 1 heterocycles. The summed E-state index contributed by atoms with van der Waals surface area (Å²) in [6.07, 6.45) is -3.16. The topological polar surface area (TPSA) is 84.1 Å². The molecule has 2 aromatic carbocycles. The molecule has 0 spiro atoms. The maximum Gasteiger partial charge on any atom is 0.417 e. The van der Waals surface area contributed by atoms with E-state index < -0.39 is 17.7 Å². The Morgan fingerprint density at radius 1 is 1.12 bits per heavy atom. The van der Waals surface area contributed by atoms with E-state index in [1.807, 2.05) is 24.3 Å². The van der Waals surface area contributed by atoms with Crippen molar-refractivity contribution >= 4 is 11.7 Å². The van der Waals surface area contributed by atoms with Crippen LogP contribution < -0.4 is 5.32 Å². The number of carboxylic acids is 1. The van der Waals surface area contributed by atoms with Crippen molar-refractivity contribution < 1.29 is 32.3 Å². The monoisotopic (exact) mass is 460 g/mol. The van der Waals surface area contributed by atoms with Gasteiger partial charge in [0.1, 0.15) is 12.4 Å². The van der Waals surface area contributed by atoms with Gasteiger partial charge in [-0.3, -0.25) is 4.79 Å². The quantitative estimate of drug-likeness (QED) is 0.238. The summed E-state index contributed by atoms with van der Waals surface area (Å²) >= 11 is 0. The van der Waals surface area contributed by atoms with Crippen LogP contribution >= 0.6 is 0 Å². The molecule has 9 heteroatoms. The van der Waals surface area contributed by atoms with E-state index in [-0.39, 0.29) is 24.4 Å². The summed E-state index contributed by atoms with van der Waals surface area (Å²) in [5.41, 5.74) is 1.85. The van der Waals surface area contributed by atoms with E-state index in [2.05, 4.69) is 10.5 Å². The molecular formula is C24H23F3N2O4. The average molecular weight is 460 g/mol. The van der Waals surface area contributed by atoms with Crippen molar-refractivity contribution in [1.82, 2.24) is 5.32 Å². The second-order valence-electron chi connectivity index (χ2n) is 7.32. The fourth-order valence-electron chi connectivity index (χ4n) is 3.11. The van der Waals surface area contributed by atoms with Crippen LogP contribution in [0.3, 0.4) is 0 Å². The van der Waals surface area contributed by atoms with Crippen molar-refractivity contribution in [3.63, 3.8) is 0 Å². The lowest BCUT2D eigenvalue weighted by Crippen LogP contribution is -2.17. The van der Waals surface area contributed by atoms with Crippen LogP contribution in [0.15, 0.2) is 70.4 Å². The van der Waals surface area contributed by atoms with Gasteiger partial charge in [0.05, 0.1) is 24.0 Å². The molecule has 2 N–H and O–H groups in total. The fraction of sp³-hybridized carbons (Fsp3) is 0.250. The molecule has 0 radical (unpaired) electrons. The zero-order valence-electron chi connectivity index (χ0n) is 17.9. The fourth-order valence-corrected chi connectivity index (χ4v) is 3.11. The second-order valence-corrected chi connectivity index (χ2v) is 7.32. The Bertz CT molecular complexity index is 1090. The molecule has 33 heavy (non-hydrogen) atoms. The summed E-state index contributed by atoms with van der Waals surface area (Å²) < 4.78 is 45.7. The number of rotatable bonds is 10. The van der Waals surface area contributed by atoms with Crippen molar-refractivity contribution in [3.8, 4) is 11.3 Å². The Morgan fingerprint density at radius 3 is 2.48 bits per heavy atom. The first-order valence-corrected chi connectivity index (χ1v) is 10.2. The molecule has 3 aromatic rings.